The van der Waals surface area contributed by atoms with Crippen LogP contribution in [0.15, 0.2) is 15.7 Å². The molecule has 0 unspecified atom stereocenters. The third kappa shape index (κ3) is 3.95. The van der Waals surface area contributed by atoms with Crippen molar-refractivity contribution in [3.8, 4) is 0 Å². The van der Waals surface area contributed by atoms with E-state index in [0.29, 0.717) is 25.2 Å². The smallest absolute Gasteiger partial charge is 0.329 e. The molecule has 146 valence electrons. The molecule has 8 nitrogen and oxygen atoms in total. The predicted octanol–water partition coefficient (Wildman–Crippen LogP) is 1.10. The van der Waals surface area contributed by atoms with E-state index in [1.807, 2.05) is 20.8 Å². The minimum atomic E-state index is -0.572. The molecule has 1 aliphatic heterocycles. The predicted molar refractivity (Wildman–Crippen MR) is 104 cm³/mol. The Hall–Kier alpha value is -2.48. The van der Waals surface area contributed by atoms with Crippen molar-refractivity contribution in [1.29, 1.82) is 0 Å². The lowest BCUT2D eigenvalue weighted by Crippen LogP contribution is -2.46. The average Bonchev–Trinajstić information content (AvgIpc) is 2.64. The Morgan fingerprint density at radius 3 is 2.81 bits per heavy atom. The highest BCUT2D eigenvalue weighted by atomic mass is 16.2. The van der Waals surface area contributed by atoms with E-state index in [9.17, 15) is 14.4 Å². The number of hydrogen-bond acceptors (Lipinski definition) is 5. The van der Waals surface area contributed by atoms with Gasteiger partial charge in [-0.25, -0.2) is 9.78 Å². The van der Waals surface area contributed by atoms with Crippen LogP contribution in [0.2, 0.25) is 0 Å². The molecule has 0 saturated carbocycles. The van der Waals surface area contributed by atoms with Crippen molar-refractivity contribution in [3.05, 3.63) is 38.2 Å². The van der Waals surface area contributed by atoms with E-state index in [-0.39, 0.29) is 34.5 Å². The number of piperidine rings is 1. The topological polar surface area (TPSA) is 109 Å². The van der Waals surface area contributed by atoms with Crippen LogP contribution in [0.3, 0.4) is 0 Å². The molecule has 1 saturated heterocycles. The van der Waals surface area contributed by atoms with Gasteiger partial charge < -0.3 is 10.6 Å². The largest absolute Gasteiger partial charge is 0.348 e. The molecule has 0 bridgehead atoms. The van der Waals surface area contributed by atoms with Crippen LogP contribution in [0.4, 0.5) is 0 Å². The number of rotatable bonds is 5. The Balaban J connectivity index is 2.17. The van der Waals surface area contributed by atoms with E-state index >= 15 is 0 Å². The molecule has 2 aromatic rings. The van der Waals surface area contributed by atoms with Gasteiger partial charge in [0.25, 0.3) is 11.5 Å². The van der Waals surface area contributed by atoms with Gasteiger partial charge in [-0.2, -0.15) is 0 Å². The van der Waals surface area contributed by atoms with Crippen molar-refractivity contribution < 1.29 is 4.79 Å². The van der Waals surface area contributed by atoms with Gasteiger partial charge in [-0.05, 0) is 37.8 Å². The molecule has 8 heteroatoms. The van der Waals surface area contributed by atoms with Gasteiger partial charge in [0, 0.05) is 24.8 Å². The van der Waals surface area contributed by atoms with Gasteiger partial charge in [-0.1, -0.05) is 20.8 Å². The van der Waals surface area contributed by atoms with E-state index in [2.05, 4.69) is 20.6 Å². The highest BCUT2D eigenvalue weighted by Crippen LogP contribution is 2.20. The van der Waals surface area contributed by atoms with Crippen molar-refractivity contribution in [2.75, 3.05) is 13.1 Å². The Labute approximate surface area is 157 Å². The number of carbonyl (C=O) groups is 1. The molecule has 3 rings (SSSR count). The lowest BCUT2D eigenvalue weighted by atomic mass is 10.0. The number of aromatic nitrogens is 3. The third-order valence-electron chi connectivity index (χ3n) is 4.88. The van der Waals surface area contributed by atoms with E-state index < -0.39 is 11.2 Å². The fourth-order valence-electron chi connectivity index (χ4n) is 3.44. The van der Waals surface area contributed by atoms with Crippen LogP contribution in [0, 0.1) is 0 Å². The summed E-state index contributed by atoms with van der Waals surface area (Å²) in [5.74, 6) is -0.244. The molecule has 1 atom stereocenters. The quantitative estimate of drug-likeness (QED) is 0.727. The highest BCUT2D eigenvalue weighted by molar-refractivity contribution is 6.05. The lowest BCUT2D eigenvalue weighted by molar-refractivity contribution is 0.0932. The maximum atomic E-state index is 13.0. The van der Waals surface area contributed by atoms with Gasteiger partial charge >= 0.3 is 5.69 Å². The lowest BCUT2D eigenvalue weighted by Gasteiger charge is -2.24. The molecular weight excluding hydrogens is 346 g/mol. The second-order valence-electron chi connectivity index (χ2n) is 7.38. The van der Waals surface area contributed by atoms with Crippen molar-refractivity contribution in [1.82, 2.24) is 25.2 Å². The zero-order chi connectivity index (χ0) is 19.6. The van der Waals surface area contributed by atoms with E-state index in [0.717, 1.165) is 19.4 Å². The van der Waals surface area contributed by atoms with Crippen LogP contribution in [-0.4, -0.2) is 39.6 Å². The van der Waals surface area contributed by atoms with Gasteiger partial charge in [0.05, 0.1) is 10.9 Å². The van der Waals surface area contributed by atoms with E-state index in [1.165, 1.54) is 4.57 Å². The number of nitrogens with one attached hydrogen (secondary N) is 3. The first-order valence-electron chi connectivity index (χ1n) is 9.61. The van der Waals surface area contributed by atoms with E-state index in [4.69, 9.17) is 0 Å². The molecule has 0 aromatic carbocycles. The molecule has 0 radical (unpaired) electrons. The highest BCUT2D eigenvalue weighted by Gasteiger charge is 2.23. The molecule has 27 heavy (non-hydrogen) atoms. The number of H-pyrrole nitrogens is 1. The summed E-state index contributed by atoms with van der Waals surface area (Å²) in [5, 5.41) is 6.45. The number of pyridine rings is 1. The first kappa shape index (κ1) is 19.3. The van der Waals surface area contributed by atoms with Crippen LogP contribution in [0.1, 0.15) is 62.0 Å². The summed E-state index contributed by atoms with van der Waals surface area (Å²) in [5.41, 5.74) is 0.177. The van der Waals surface area contributed by atoms with E-state index in [1.54, 1.807) is 6.07 Å². The summed E-state index contributed by atoms with van der Waals surface area (Å²) in [7, 11) is 0. The monoisotopic (exact) mass is 373 g/mol. The third-order valence-corrected chi connectivity index (χ3v) is 4.88. The normalized spacial score (nSPS) is 17.4. The number of aromatic amines is 1. The van der Waals surface area contributed by atoms with Crippen molar-refractivity contribution in [3.63, 3.8) is 0 Å². The Bertz CT molecular complexity index is 954. The molecular formula is C19H27N5O3. The Kier molecular flexibility index (Phi) is 5.74. The first-order valence-corrected chi connectivity index (χ1v) is 9.61. The van der Waals surface area contributed by atoms with Gasteiger partial charge in [-0.3, -0.25) is 19.1 Å². The number of carbonyl (C=O) groups excluding carboxylic acids is 1. The van der Waals surface area contributed by atoms with Gasteiger partial charge in [0.2, 0.25) is 0 Å². The molecule has 1 amide bonds. The number of aryl methyl sites for hydroxylation is 1. The minimum Gasteiger partial charge on any atom is -0.348 e. The maximum Gasteiger partial charge on any atom is 0.329 e. The van der Waals surface area contributed by atoms with Crippen LogP contribution in [0.5, 0.6) is 0 Å². The maximum absolute atomic E-state index is 13.0. The van der Waals surface area contributed by atoms with Crippen LogP contribution in [-0.2, 0) is 6.54 Å². The summed E-state index contributed by atoms with van der Waals surface area (Å²) in [6.07, 6.45) is 2.61. The van der Waals surface area contributed by atoms with Crippen molar-refractivity contribution in [2.24, 2.45) is 0 Å². The van der Waals surface area contributed by atoms with Gasteiger partial charge in [-0.15, -0.1) is 0 Å². The van der Waals surface area contributed by atoms with Crippen LogP contribution in [0.25, 0.3) is 11.0 Å². The fraction of sp³-hybridized carbons (Fsp3) is 0.579. The first-order chi connectivity index (χ1) is 12.9. The zero-order valence-electron chi connectivity index (χ0n) is 16.1. The molecule has 3 heterocycles. The number of hydrogen-bond donors (Lipinski definition) is 3. The zero-order valence-corrected chi connectivity index (χ0v) is 16.1. The summed E-state index contributed by atoms with van der Waals surface area (Å²) in [4.78, 5) is 44.7. The van der Waals surface area contributed by atoms with Crippen LogP contribution < -0.4 is 21.9 Å². The summed E-state index contributed by atoms with van der Waals surface area (Å²) in [6.45, 7) is 7.97. The van der Waals surface area contributed by atoms with Crippen molar-refractivity contribution >= 4 is 16.9 Å². The number of fused-ring (bicyclic) bond motifs is 1. The van der Waals surface area contributed by atoms with Gasteiger partial charge in [0.15, 0.2) is 5.65 Å². The number of amides is 1. The molecule has 1 aliphatic rings. The SMILES string of the molecule is CCCn1c(=O)[nH]c(=O)c2c(C(=O)N[C@H]3CCCNC3)cc(C(C)C)nc21. The van der Waals surface area contributed by atoms with Crippen molar-refractivity contribution in [2.45, 2.75) is 58.5 Å². The standard InChI is InChI=1S/C19H27N5O3/c1-4-8-24-16-15(18(26)23-19(24)27)13(9-14(22-16)11(2)3)17(25)21-12-6-5-7-20-10-12/h9,11-12,20H,4-8,10H2,1-3H3,(H,21,25)(H,23,26,27)/t12-/m0/s1. The van der Waals surface area contributed by atoms with Crippen LogP contribution >= 0.6 is 0 Å². The number of nitrogens with zero attached hydrogens (tertiary/aromatic N) is 2. The second-order valence-corrected chi connectivity index (χ2v) is 7.38. The summed E-state index contributed by atoms with van der Waals surface area (Å²) >= 11 is 0. The molecule has 0 spiro atoms. The second kappa shape index (κ2) is 8.04. The molecule has 1 fully saturated rings. The Morgan fingerprint density at radius 2 is 2.19 bits per heavy atom. The summed E-state index contributed by atoms with van der Waals surface area (Å²) in [6, 6.07) is 1.70. The Morgan fingerprint density at radius 1 is 1.41 bits per heavy atom. The minimum absolute atomic E-state index is 0.0255. The molecule has 0 aliphatic carbocycles. The molecule has 2 aromatic heterocycles. The molecule has 3 N–H and O–H groups in total. The summed E-state index contributed by atoms with van der Waals surface area (Å²) < 4.78 is 1.45. The average molecular weight is 373 g/mol. The fourth-order valence-corrected chi connectivity index (χ4v) is 3.44. The van der Waals surface area contributed by atoms with Gasteiger partial charge in [0.1, 0.15) is 0 Å².